The summed E-state index contributed by atoms with van der Waals surface area (Å²) in [6.45, 7) is 4.96. The first-order valence-electron chi connectivity index (χ1n) is 10.1. The van der Waals surface area contributed by atoms with Gasteiger partial charge in [-0.3, -0.25) is 4.98 Å². The molecule has 0 radical (unpaired) electrons. The van der Waals surface area contributed by atoms with Crippen LogP contribution in [0.2, 0.25) is 0 Å². The summed E-state index contributed by atoms with van der Waals surface area (Å²) in [6, 6.07) is 15.0. The number of rotatable bonds is 8. The van der Waals surface area contributed by atoms with E-state index in [1.165, 1.54) is 16.3 Å². The molecule has 0 aliphatic rings. The summed E-state index contributed by atoms with van der Waals surface area (Å²) in [4.78, 5) is 8.53. The Morgan fingerprint density at radius 3 is 2.87 bits per heavy atom. The molecule has 0 fully saturated rings. The van der Waals surface area contributed by atoms with Crippen LogP contribution in [0.5, 0.6) is 0 Å². The van der Waals surface area contributed by atoms with E-state index >= 15 is 0 Å². The first kappa shape index (κ1) is 22.6. The third-order valence-electron chi connectivity index (χ3n) is 5.61. The van der Waals surface area contributed by atoms with Crippen LogP contribution in [-0.2, 0) is 12.1 Å². The number of aromatic nitrogens is 2. The Morgan fingerprint density at radius 2 is 2.00 bits per heavy atom. The van der Waals surface area contributed by atoms with E-state index in [2.05, 4.69) is 46.5 Å². The van der Waals surface area contributed by atoms with Crippen molar-refractivity contribution in [2.45, 2.75) is 51.3 Å². The minimum Gasteiger partial charge on any atom is -0.385 e. The number of benzene rings is 2. The standard InChI is InChI=1S/C24H27N3OS.ClH/c1-17(26-14-18-5-6-20-15-25-11-9-19(20)12-18)4-3-10-24(2,28)21-7-8-23-22(13-21)27-16-29-23;/h5-9,11-13,15-17,26,28H,3-4,10,14H2,1-2H3;1H/t17-,24?;/m1./s1. The second-order valence-corrected chi connectivity index (χ2v) is 8.93. The van der Waals surface area contributed by atoms with Gasteiger partial charge in [0.2, 0.25) is 0 Å². The zero-order chi connectivity index (χ0) is 20.3. The molecule has 0 aliphatic heterocycles. The van der Waals surface area contributed by atoms with Crippen molar-refractivity contribution in [3.05, 3.63) is 71.5 Å². The van der Waals surface area contributed by atoms with E-state index in [-0.39, 0.29) is 12.4 Å². The Morgan fingerprint density at radius 1 is 1.13 bits per heavy atom. The Bertz CT molecular complexity index is 1110. The second kappa shape index (κ2) is 9.84. The van der Waals surface area contributed by atoms with E-state index in [0.29, 0.717) is 6.04 Å². The molecule has 2 heterocycles. The summed E-state index contributed by atoms with van der Waals surface area (Å²) in [5.41, 5.74) is 4.21. The minimum absolute atomic E-state index is 0. The van der Waals surface area contributed by atoms with Crippen LogP contribution < -0.4 is 5.32 Å². The number of thiazole rings is 1. The fourth-order valence-electron chi connectivity index (χ4n) is 3.73. The van der Waals surface area contributed by atoms with Crippen molar-refractivity contribution >= 4 is 44.7 Å². The molecule has 4 nitrogen and oxygen atoms in total. The minimum atomic E-state index is -0.829. The average Bonchev–Trinajstić information content (AvgIpc) is 3.20. The van der Waals surface area contributed by atoms with Gasteiger partial charge in [0.25, 0.3) is 0 Å². The Labute approximate surface area is 187 Å². The molecule has 0 bridgehead atoms. The molecule has 2 aromatic carbocycles. The lowest BCUT2D eigenvalue weighted by Crippen LogP contribution is -2.27. The maximum Gasteiger partial charge on any atom is 0.0869 e. The fraction of sp³-hybridized carbons (Fsp3) is 0.333. The normalized spacial score (nSPS) is 14.4. The quantitative estimate of drug-likeness (QED) is 0.361. The summed E-state index contributed by atoms with van der Waals surface area (Å²) < 4.78 is 1.16. The number of aliphatic hydroxyl groups is 1. The molecule has 0 spiro atoms. The van der Waals surface area contributed by atoms with Gasteiger partial charge in [-0.25, -0.2) is 4.98 Å². The van der Waals surface area contributed by atoms with Crippen LogP contribution in [0.1, 0.15) is 44.2 Å². The van der Waals surface area contributed by atoms with Crippen molar-refractivity contribution in [2.75, 3.05) is 0 Å². The highest BCUT2D eigenvalue weighted by atomic mass is 35.5. The molecular formula is C24H28ClN3OS. The number of hydrogen-bond donors (Lipinski definition) is 2. The zero-order valence-corrected chi connectivity index (χ0v) is 19.0. The molecule has 0 aliphatic carbocycles. The van der Waals surface area contributed by atoms with Crippen LogP contribution in [0.3, 0.4) is 0 Å². The van der Waals surface area contributed by atoms with Gasteiger partial charge in [0, 0.05) is 30.4 Å². The third kappa shape index (κ3) is 5.35. The van der Waals surface area contributed by atoms with Crippen LogP contribution in [0.25, 0.3) is 21.0 Å². The third-order valence-corrected chi connectivity index (χ3v) is 6.42. The van der Waals surface area contributed by atoms with Crippen molar-refractivity contribution in [2.24, 2.45) is 0 Å². The molecule has 2 aromatic heterocycles. The summed E-state index contributed by atoms with van der Waals surface area (Å²) in [5, 5.41) is 16.9. The smallest absolute Gasteiger partial charge is 0.0869 e. The lowest BCUT2D eigenvalue weighted by atomic mass is 9.89. The Hall–Kier alpha value is -2.05. The molecule has 6 heteroatoms. The maximum atomic E-state index is 11.0. The zero-order valence-electron chi connectivity index (χ0n) is 17.3. The molecule has 2 atom stereocenters. The number of hydrogen-bond acceptors (Lipinski definition) is 5. The van der Waals surface area contributed by atoms with E-state index in [1.54, 1.807) is 11.3 Å². The number of fused-ring (bicyclic) bond motifs is 2. The van der Waals surface area contributed by atoms with Crippen LogP contribution in [-0.4, -0.2) is 21.1 Å². The first-order valence-corrected chi connectivity index (χ1v) is 11.0. The van der Waals surface area contributed by atoms with Crippen LogP contribution >= 0.6 is 23.7 Å². The monoisotopic (exact) mass is 441 g/mol. The number of pyridine rings is 1. The van der Waals surface area contributed by atoms with E-state index < -0.39 is 5.60 Å². The van der Waals surface area contributed by atoms with Crippen molar-refractivity contribution in [1.29, 1.82) is 0 Å². The van der Waals surface area contributed by atoms with Gasteiger partial charge in [0.15, 0.2) is 0 Å². The van der Waals surface area contributed by atoms with Gasteiger partial charge < -0.3 is 10.4 Å². The van der Waals surface area contributed by atoms with Gasteiger partial charge in [-0.1, -0.05) is 18.2 Å². The summed E-state index contributed by atoms with van der Waals surface area (Å²) in [5.74, 6) is 0. The lowest BCUT2D eigenvalue weighted by molar-refractivity contribution is 0.0445. The second-order valence-electron chi connectivity index (χ2n) is 8.04. The van der Waals surface area contributed by atoms with Crippen molar-refractivity contribution in [3.8, 4) is 0 Å². The molecule has 0 saturated heterocycles. The van der Waals surface area contributed by atoms with Crippen LogP contribution in [0.15, 0.2) is 60.4 Å². The molecule has 1 unspecified atom stereocenters. The van der Waals surface area contributed by atoms with E-state index in [1.807, 2.05) is 43.0 Å². The number of nitrogens with zero attached hydrogens (tertiary/aromatic N) is 2. The van der Waals surface area contributed by atoms with Gasteiger partial charge in [-0.15, -0.1) is 23.7 Å². The predicted octanol–water partition coefficient (Wildman–Crippen LogP) is 5.82. The van der Waals surface area contributed by atoms with E-state index in [4.69, 9.17) is 0 Å². The highest BCUT2D eigenvalue weighted by Crippen LogP contribution is 2.30. The summed E-state index contributed by atoms with van der Waals surface area (Å²) in [6.07, 6.45) is 6.44. The molecule has 0 saturated carbocycles. The first-order chi connectivity index (χ1) is 14.0. The molecule has 0 amide bonds. The Balaban J connectivity index is 0.00000256. The van der Waals surface area contributed by atoms with Crippen molar-refractivity contribution in [3.63, 3.8) is 0 Å². The van der Waals surface area contributed by atoms with Gasteiger partial charge in [0.05, 0.1) is 21.3 Å². The van der Waals surface area contributed by atoms with Gasteiger partial charge >= 0.3 is 0 Å². The molecule has 4 rings (SSSR count). The SMILES string of the molecule is C[C@H](CCCC(C)(O)c1ccc2scnc2c1)NCc1ccc2cnccc2c1.Cl. The molecule has 158 valence electrons. The number of halogens is 1. The number of nitrogens with one attached hydrogen (secondary N) is 1. The Kier molecular flexibility index (Phi) is 7.42. The fourth-order valence-corrected chi connectivity index (χ4v) is 4.39. The summed E-state index contributed by atoms with van der Waals surface area (Å²) >= 11 is 1.63. The van der Waals surface area contributed by atoms with Crippen molar-refractivity contribution in [1.82, 2.24) is 15.3 Å². The van der Waals surface area contributed by atoms with Gasteiger partial charge in [-0.2, -0.15) is 0 Å². The molecule has 4 aromatic rings. The topological polar surface area (TPSA) is 58.0 Å². The maximum absolute atomic E-state index is 11.0. The largest absolute Gasteiger partial charge is 0.385 e. The highest BCUT2D eigenvalue weighted by Gasteiger charge is 2.23. The van der Waals surface area contributed by atoms with E-state index in [9.17, 15) is 5.11 Å². The molecule has 2 N–H and O–H groups in total. The average molecular weight is 442 g/mol. The van der Waals surface area contributed by atoms with Crippen molar-refractivity contribution < 1.29 is 5.11 Å². The summed E-state index contributed by atoms with van der Waals surface area (Å²) in [7, 11) is 0. The lowest BCUT2D eigenvalue weighted by Gasteiger charge is -2.25. The van der Waals surface area contributed by atoms with E-state index in [0.717, 1.165) is 41.6 Å². The van der Waals surface area contributed by atoms with Crippen LogP contribution in [0, 0.1) is 0 Å². The highest BCUT2D eigenvalue weighted by molar-refractivity contribution is 7.16. The van der Waals surface area contributed by atoms with Crippen LogP contribution in [0.4, 0.5) is 0 Å². The molecule has 30 heavy (non-hydrogen) atoms. The predicted molar refractivity (Wildman–Crippen MR) is 128 cm³/mol. The van der Waals surface area contributed by atoms with Gasteiger partial charge in [0.1, 0.15) is 0 Å². The molecular weight excluding hydrogens is 414 g/mol. The van der Waals surface area contributed by atoms with Gasteiger partial charge in [-0.05, 0) is 73.9 Å².